The number of nitrogens with one attached hydrogen (secondary N) is 2. The van der Waals surface area contributed by atoms with E-state index in [1.165, 1.54) is 6.92 Å². The van der Waals surface area contributed by atoms with Crippen LogP contribution in [0.1, 0.15) is 12.5 Å². The monoisotopic (exact) mass is 250 g/mol. The molecule has 1 heterocycles. The first-order valence-corrected chi connectivity index (χ1v) is 6.44. The highest BCUT2D eigenvalue weighted by Gasteiger charge is 2.15. The van der Waals surface area contributed by atoms with Gasteiger partial charge in [0.2, 0.25) is 11.8 Å². The molecule has 0 spiro atoms. The molecule has 0 aliphatic carbocycles. The highest BCUT2D eigenvalue weighted by Crippen LogP contribution is 2.31. The summed E-state index contributed by atoms with van der Waals surface area (Å²) in [7, 11) is 0. The molecule has 2 rings (SSSR count). The lowest BCUT2D eigenvalue weighted by Gasteiger charge is -2.17. The van der Waals surface area contributed by atoms with Crippen molar-refractivity contribution < 1.29 is 9.59 Å². The predicted octanol–water partition coefficient (Wildman–Crippen LogP) is 1.41. The molecule has 90 valence electrons. The second kappa shape index (κ2) is 5.23. The normalized spacial score (nSPS) is 13.8. The maximum absolute atomic E-state index is 11.3. The molecule has 17 heavy (non-hydrogen) atoms. The lowest BCUT2D eigenvalue weighted by Crippen LogP contribution is -2.22. The van der Waals surface area contributed by atoms with Gasteiger partial charge >= 0.3 is 0 Å². The lowest BCUT2D eigenvalue weighted by atomic mass is 10.1. The second-order valence-corrected chi connectivity index (χ2v) is 4.92. The first kappa shape index (κ1) is 12.0. The molecule has 0 radical (unpaired) electrons. The molecule has 2 amide bonds. The van der Waals surface area contributed by atoms with E-state index in [0.29, 0.717) is 12.3 Å². The van der Waals surface area contributed by atoms with Gasteiger partial charge in [0.05, 0.1) is 11.4 Å². The van der Waals surface area contributed by atoms with E-state index in [0.717, 1.165) is 22.6 Å². The Morgan fingerprint density at radius 2 is 2.35 bits per heavy atom. The van der Waals surface area contributed by atoms with Crippen molar-refractivity contribution in [3.05, 3.63) is 23.8 Å². The summed E-state index contributed by atoms with van der Waals surface area (Å²) in [5, 5.41) is 5.60. The van der Waals surface area contributed by atoms with Crippen LogP contribution in [-0.4, -0.2) is 24.1 Å². The minimum Gasteiger partial charge on any atom is -0.356 e. The van der Waals surface area contributed by atoms with E-state index in [-0.39, 0.29) is 11.8 Å². The zero-order valence-corrected chi connectivity index (χ0v) is 10.4. The van der Waals surface area contributed by atoms with Gasteiger partial charge in [-0.2, -0.15) is 0 Å². The molecular formula is C12H14N2O2S. The zero-order valence-electron chi connectivity index (χ0n) is 9.58. The Hall–Kier alpha value is -1.49. The first-order chi connectivity index (χ1) is 8.15. The Kier molecular flexibility index (Phi) is 3.68. The third-order valence-electron chi connectivity index (χ3n) is 2.46. The summed E-state index contributed by atoms with van der Waals surface area (Å²) in [5.41, 5.74) is 1.99. The quantitative estimate of drug-likeness (QED) is 0.852. The highest BCUT2D eigenvalue weighted by molar-refractivity contribution is 8.00. The topological polar surface area (TPSA) is 58.2 Å². The van der Waals surface area contributed by atoms with Gasteiger partial charge < -0.3 is 10.6 Å². The van der Waals surface area contributed by atoms with E-state index in [9.17, 15) is 9.59 Å². The standard InChI is InChI=1S/C12H14N2O2S/c1-8(15)13-5-4-9-2-3-11-10(6-9)14-12(16)7-17-11/h2-3,6H,4-5,7H2,1H3,(H,13,15)(H,14,16). The van der Waals surface area contributed by atoms with E-state index < -0.39 is 0 Å². The summed E-state index contributed by atoms with van der Waals surface area (Å²) >= 11 is 1.55. The molecule has 0 saturated heterocycles. The molecular weight excluding hydrogens is 236 g/mol. The van der Waals surface area contributed by atoms with Crippen molar-refractivity contribution in [2.24, 2.45) is 0 Å². The molecule has 0 aromatic heterocycles. The Morgan fingerprint density at radius 1 is 1.53 bits per heavy atom. The zero-order chi connectivity index (χ0) is 12.3. The molecule has 0 unspecified atom stereocenters. The van der Waals surface area contributed by atoms with Crippen molar-refractivity contribution in [1.82, 2.24) is 5.32 Å². The van der Waals surface area contributed by atoms with Crippen LogP contribution < -0.4 is 10.6 Å². The highest BCUT2D eigenvalue weighted by atomic mass is 32.2. The summed E-state index contributed by atoms with van der Waals surface area (Å²) in [4.78, 5) is 23.1. The molecule has 0 atom stereocenters. The van der Waals surface area contributed by atoms with E-state index >= 15 is 0 Å². The molecule has 2 N–H and O–H groups in total. The van der Waals surface area contributed by atoms with Crippen molar-refractivity contribution >= 4 is 29.3 Å². The maximum Gasteiger partial charge on any atom is 0.234 e. The number of carbonyl (C=O) groups excluding carboxylic acids is 2. The van der Waals surface area contributed by atoms with Crippen molar-refractivity contribution in [2.45, 2.75) is 18.2 Å². The van der Waals surface area contributed by atoms with Gasteiger partial charge in [-0.05, 0) is 24.1 Å². The lowest BCUT2D eigenvalue weighted by molar-refractivity contribution is -0.119. The van der Waals surface area contributed by atoms with E-state index in [1.54, 1.807) is 11.8 Å². The fraction of sp³-hybridized carbons (Fsp3) is 0.333. The summed E-state index contributed by atoms with van der Waals surface area (Å²) in [6, 6.07) is 6.02. The van der Waals surface area contributed by atoms with Gasteiger partial charge in [0.15, 0.2) is 0 Å². The minimum absolute atomic E-state index is 0.0215. The van der Waals surface area contributed by atoms with Crippen LogP contribution in [0.4, 0.5) is 5.69 Å². The van der Waals surface area contributed by atoms with Gasteiger partial charge in [-0.25, -0.2) is 0 Å². The Balaban J connectivity index is 2.02. The second-order valence-electron chi connectivity index (χ2n) is 3.90. The van der Waals surface area contributed by atoms with E-state index in [2.05, 4.69) is 10.6 Å². The molecule has 0 saturated carbocycles. The van der Waals surface area contributed by atoms with Crippen LogP contribution in [0.15, 0.2) is 23.1 Å². The van der Waals surface area contributed by atoms with E-state index in [4.69, 9.17) is 0 Å². The van der Waals surface area contributed by atoms with Gasteiger partial charge in [0, 0.05) is 18.4 Å². The number of anilines is 1. The Morgan fingerprint density at radius 3 is 3.12 bits per heavy atom. The molecule has 1 aliphatic heterocycles. The Labute approximate surface area is 104 Å². The number of hydrogen-bond acceptors (Lipinski definition) is 3. The van der Waals surface area contributed by atoms with Crippen molar-refractivity contribution in [1.29, 1.82) is 0 Å². The summed E-state index contributed by atoms with van der Waals surface area (Å²) in [6.07, 6.45) is 0.771. The molecule has 1 aromatic carbocycles. The van der Waals surface area contributed by atoms with Gasteiger partial charge in [0.1, 0.15) is 0 Å². The number of carbonyl (C=O) groups is 2. The van der Waals surface area contributed by atoms with Gasteiger partial charge in [-0.3, -0.25) is 9.59 Å². The fourth-order valence-corrected chi connectivity index (χ4v) is 2.46. The predicted molar refractivity (Wildman–Crippen MR) is 68.2 cm³/mol. The number of benzene rings is 1. The number of amides is 2. The fourth-order valence-electron chi connectivity index (χ4n) is 1.67. The van der Waals surface area contributed by atoms with E-state index in [1.807, 2.05) is 18.2 Å². The van der Waals surface area contributed by atoms with Gasteiger partial charge in [-0.1, -0.05) is 6.07 Å². The third kappa shape index (κ3) is 3.23. The maximum atomic E-state index is 11.3. The minimum atomic E-state index is -0.0215. The SMILES string of the molecule is CC(=O)NCCc1ccc2c(c1)NC(=O)CS2. The van der Waals surface area contributed by atoms with Gasteiger partial charge in [-0.15, -0.1) is 11.8 Å². The van der Waals surface area contributed by atoms with Crippen LogP contribution in [0.25, 0.3) is 0 Å². The van der Waals surface area contributed by atoms with Crippen LogP contribution in [-0.2, 0) is 16.0 Å². The molecule has 1 aromatic rings. The van der Waals surface area contributed by atoms with Crippen LogP contribution >= 0.6 is 11.8 Å². The molecule has 4 nitrogen and oxygen atoms in total. The molecule has 0 bridgehead atoms. The van der Waals surface area contributed by atoms with Crippen molar-refractivity contribution in [3.63, 3.8) is 0 Å². The van der Waals surface area contributed by atoms with Gasteiger partial charge in [0.25, 0.3) is 0 Å². The van der Waals surface area contributed by atoms with Crippen molar-refractivity contribution in [2.75, 3.05) is 17.6 Å². The smallest absolute Gasteiger partial charge is 0.234 e. The largest absolute Gasteiger partial charge is 0.356 e. The first-order valence-electron chi connectivity index (χ1n) is 5.45. The molecule has 0 fully saturated rings. The third-order valence-corrected chi connectivity index (χ3v) is 3.54. The summed E-state index contributed by atoms with van der Waals surface area (Å²) in [6.45, 7) is 2.12. The van der Waals surface area contributed by atoms with Crippen LogP contribution in [0, 0.1) is 0 Å². The number of thioether (sulfide) groups is 1. The average molecular weight is 250 g/mol. The van der Waals surface area contributed by atoms with Crippen LogP contribution in [0.2, 0.25) is 0 Å². The van der Waals surface area contributed by atoms with Crippen molar-refractivity contribution in [3.8, 4) is 0 Å². The summed E-state index contributed by atoms with van der Waals surface area (Å²) < 4.78 is 0. The van der Waals surface area contributed by atoms with Crippen LogP contribution in [0.5, 0.6) is 0 Å². The number of rotatable bonds is 3. The number of hydrogen-bond donors (Lipinski definition) is 2. The Bertz CT molecular complexity index is 460. The van der Waals surface area contributed by atoms with Crippen LogP contribution in [0.3, 0.4) is 0 Å². The number of fused-ring (bicyclic) bond motifs is 1. The molecule has 5 heteroatoms. The average Bonchev–Trinajstić information content (AvgIpc) is 2.28. The molecule has 1 aliphatic rings. The summed E-state index contributed by atoms with van der Waals surface area (Å²) in [5.74, 6) is 0.506.